The number of hydrogen-bond acceptors (Lipinski definition) is 4. The maximum absolute atomic E-state index is 12.0. The van der Waals surface area contributed by atoms with Crippen molar-refractivity contribution in [1.29, 1.82) is 0 Å². The zero-order chi connectivity index (χ0) is 13.2. The average molecular weight is 237 g/mol. The molecule has 0 spiro atoms. The van der Waals surface area contributed by atoms with E-state index in [1.165, 1.54) is 11.1 Å². The molecule has 0 atom stereocenters. The summed E-state index contributed by atoms with van der Waals surface area (Å²) in [5.41, 5.74) is 6.38. The minimum absolute atomic E-state index is 0.235. The van der Waals surface area contributed by atoms with Gasteiger partial charge in [-0.1, -0.05) is 0 Å². The van der Waals surface area contributed by atoms with Gasteiger partial charge in [0.25, 0.3) is 5.91 Å². The Morgan fingerprint density at radius 1 is 1.59 bits per heavy atom. The summed E-state index contributed by atoms with van der Waals surface area (Å²) in [5.74, 6) is -0.239. The Bertz CT molecular complexity index is 424. The molecule has 0 saturated heterocycles. The van der Waals surface area contributed by atoms with Gasteiger partial charge in [-0.25, -0.2) is 0 Å². The molecule has 0 aromatic carbocycles. The molecule has 1 rings (SSSR count). The van der Waals surface area contributed by atoms with Crippen LogP contribution in [0, 0.1) is 6.92 Å². The van der Waals surface area contributed by atoms with Crippen molar-refractivity contribution in [2.24, 2.45) is 0 Å². The molecular weight excluding hydrogens is 218 g/mol. The standard InChI is InChI=1S/C12H19N3O2/c1-8-5-10(13)9(6-14-8)11(16)15(4)7-12(2,3)17/h5-6,17H,7H2,1-4H3,(H2,13,14). The molecule has 17 heavy (non-hydrogen) atoms. The number of pyridine rings is 1. The number of carbonyl (C=O) groups excluding carboxylic acids is 1. The zero-order valence-corrected chi connectivity index (χ0v) is 10.7. The lowest BCUT2D eigenvalue weighted by Gasteiger charge is -2.25. The summed E-state index contributed by atoms with van der Waals surface area (Å²) < 4.78 is 0. The fourth-order valence-electron chi connectivity index (χ4n) is 1.62. The van der Waals surface area contributed by atoms with Crippen LogP contribution in [0.25, 0.3) is 0 Å². The SMILES string of the molecule is Cc1cc(N)c(C(=O)N(C)CC(C)(C)O)cn1. The Morgan fingerprint density at radius 3 is 2.65 bits per heavy atom. The first-order valence-electron chi connectivity index (χ1n) is 5.40. The molecule has 1 aromatic rings. The number of aryl methyl sites for hydroxylation is 1. The minimum atomic E-state index is -0.933. The van der Waals surface area contributed by atoms with Gasteiger partial charge in [-0.2, -0.15) is 0 Å². The van der Waals surface area contributed by atoms with Crippen molar-refractivity contribution in [3.8, 4) is 0 Å². The molecule has 1 heterocycles. The van der Waals surface area contributed by atoms with Gasteiger partial charge in [0, 0.05) is 31.2 Å². The first-order chi connectivity index (χ1) is 7.70. The van der Waals surface area contributed by atoms with E-state index >= 15 is 0 Å². The number of amides is 1. The highest BCUT2D eigenvalue weighted by Crippen LogP contribution is 2.15. The second kappa shape index (κ2) is 4.71. The molecule has 5 nitrogen and oxygen atoms in total. The predicted octanol–water partition coefficient (Wildman–Crippen LogP) is 0.815. The van der Waals surface area contributed by atoms with Crippen molar-refractivity contribution >= 4 is 11.6 Å². The topological polar surface area (TPSA) is 79.5 Å². The van der Waals surface area contributed by atoms with Gasteiger partial charge in [0.15, 0.2) is 0 Å². The Kier molecular flexibility index (Phi) is 3.72. The van der Waals surface area contributed by atoms with E-state index in [4.69, 9.17) is 5.73 Å². The van der Waals surface area contributed by atoms with Crippen molar-refractivity contribution < 1.29 is 9.90 Å². The van der Waals surface area contributed by atoms with Crippen LogP contribution in [0.5, 0.6) is 0 Å². The third kappa shape index (κ3) is 3.71. The van der Waals surface area contributed by atoms with Gasteiger partial charge in [0.1, 0.15) is 0 Å². The molecular formula is C12H19N3O2. The first-order valence-corrected chi connectivity index (χ1v) is 5.40. The molecule has 94 valence electrons. The molecule has 0 radical (unpaired) electrons. The second-order valence-electron chi connectivity index (χ2n) is 4.89. The van der Waals surface area contributed by atoms with Crippen LogP contribution in [0.3, 0.4) is 0 Å². The van der Waals surface area contributed by atoms with Gasteiger partial charge in [0.05, 0.1) is 11.2 Å². The lowest BCUT2D eigenvalue weighted by Crippen LogP contribution is -2.40. The summed E-state index contributed by atoms with van der Waals surface area (Å²) in [6, 6.07) is 1.66. The summed E-state index contributed by atoms with van der Waals surface area (Å²) >= 11 is 0. The van der Waals surface area contributed by atoms with E-state index in [-0.39, 0.29) is 12.5 Å². The number of nitrogen functional groups attached to an aromatic ring is 1. The normalized spacial score (nSPS) is 11.4. The molecule has 0 unspecified atom stereocenters. The van der Waals surface area contributed by atoms with Crippen LogP contribution in [0.4, 0.5) is 5.69 Å². The molecule has 0 aliphatic carbocycles. The van der Waals surface area contributed by atoms with Crippen molar-refractivity contribution in [3.63, 3.8) is 0 Å². The van der Waals surface area contributed by atoms with Gasteiger partial charge >= 0.3 is 0 Å². The fraction of sp³-hybridized carbons (Fsp3) is 0.500. The third-order valence-corrected chi connectivity index (χ3v) is 2.27. The molecule has 1 aromatic heterocycles. The van der Waals surface area contributed by atoms with E-state index in [9.17, 15) is 9.90 Å². The molecule has 0 fully saturated rings. The van der Waals surface area contributed by atoms with E-state index in [1.54, 1.807) is 27.0 Å². The number of nitrogens with zero attached hydrogens (tertiary/aromatic N) is 2. The van der Waals surface area contributed by atoms with Crippen LogP contribution in [0.1, 0.15) is 29.9 Å². The number of carbonyl (C=O) groups is 1. The van der Waals surface area contributed by atoms with Crippen LogP contribution < -0.4 is 5.73 Å². The molecule has 0 aliphatic rings. The Morgan fingerprint density at radius 2 is 2.18 bits per heavy atom. The smallest absolute Gasteiger partial charge is 0.257 e. The van der Waals surface area contributed by atoms with Gasteiger partial charge in [-0.05, 0) is 26.8 Å². The molecule has 3 N–H and O–H groups in total. The lowest BCUT2D eigenvalue weighted by molar-refractivity contribution is 0.0368. The maximum Gasteiger partial charge on any atom is 0.257 e. The second-order valence-corrected chi connectivity index (χ2v) is 4.89. The zero-order valence-electron chi connectivity index (χ0n) is 10.7. The summed E-state index contributed by atoms with van der Waals surface area (Å²) in [6.07, 6.45) is 1.47. The molecule has 5 heteroatoms. The van der Waals surface area contributed by atoms with Crippen LogP contribution in [0.2, 0.25) is 0 Å². The highest BCUT2D eigenvalue weighted by atomic mass is 16.3. The summed E-state index contributed by atoms with van der Waals surface area (Å²) in [7, 11) is 1.62. The minimum Gasteiger partial charge on any atom is -0.398 e. The van der Waals surface area contributed by atoms with Gasteiger partial charge in [-0.3, -0.25) is 9.78 Å². The number of rotatable bonds is 3. The van der Waals surface area contributed by atoms with E-state index in [0.29, 0.717) is 11.3 Å². The van der Waals surface area contributed by atoms with E-state index in [2.05, 4.69) is 4.98 Å². The Hall–Kier alpha value is -1.62. The quantitative estimate of drug-likeness (QED) is 0.815. The van der Waals surface area contributed by atoms with Gasteiger partial charge in [-0.15, -0.1) is 0 Å². The van der Waals surface area contributed by atoms with Gasteiger partial charge in [0.2, 0.25) is 0 Å². The van der Waals surface area contributed by atoms with E-state index in [1.807, 2.05) is 6.92 Å². The predicted molar refractivity (Wildman–Crippen MR) is 66.6 cm³/mol. The number of likely N-dealkylation sites (N-methyl/N-ethyl adjacent to an activating group) is 1. The number of hydrogen-bond donors (Lipinski definition) is 2. The monoisotopic (exact) mass is 237 g/mol. The third-order valence-electron chi connectivity index (χ3n) is 2.27. The average Bonchev–Trinajstić information content (AvgIpc) is 2.14. The molecule has 0 bridgehead atoms. The molecule has 1 amide bonds. The summed E-state index contributed by atoms with van der Waals surface area (Å²) in [5, 5.41) is 9.66. The lowest BCUT2D eigenvalue weighted by atomic mass is 10.1. The van der Waals surface area contributed by atoms with Crippen molar-refractivity contribution in [2.45, 2.75) is 26.4 Å². The van der Waals surface area contributed by atoms with Crippen LogP contribution >= 0.6 is 0 Å². The van der Waals surface area contributed by atoms with Crippen LogP contribution in [0.15, 0.2) is 12.3 Å². The van der Waals surface area contributed by atoms with Gasteiger partial charge < -0.3 is 15.7 Å². The van der Waals surface area contributed by atoms with Crippen LogP contribution in [-0.2, 0) is 0 Å². The van der Waals surface area contributed by atoms with Crippen molar-refractivity contribution in [1.82, 2.24) is 9.88 Å². The first kappa shape index (κ1) is 13.4. The highest BCUT2D eigenvalue weighted by Gasteiger charge is 2.21. The molecule has 0 saturated carbocycles. The van der Waals surface area contributed by atoms with Crippen molar-refractivity contribution in [3.05, 3.63) is 23.5 Å². The Balaban J connectivity index is 2.89. The largest absolute Gasteiger partial charge is 0.398 e. The van der Waals surface area contributed by atoms with Crippen molar-refractivity contribution in [2.75, 3.05) is 19.3 Å². The summed E-state index contributed by atoms with van der Waals surface area (Å²) in [6.45, 7) is 5.34. The van der Waals surface area contributed by atoms with E-state index in [0.717, 1.165) is 5.69 Å². The van der Waals surface area contributed by atoms with E-state index < -0.39 is 5.60 Å². The number of nitrogens with two attached hydrogens (primary N) is 1. The number of anilines is 1. The van der Waals surface area contributed by atoms with Crippen LogP contribution in [-0.4, -0.2) is 40.1 Å². The number of aliphatic hydroxyl groups is 1. The number of aromatic nitrogens is 1. The fourth-order valence-corrected chi connectivity index (χ4v) is 1.62. The highest BCUT2D eigenvalue weighted by molar-refractivity contribution is 5.98. The molecule has 0 aliphatic heterocycles. The Labute approximate surface area is 101 Å². The maximum atomic E-state index is 12.0. The summed E-state index contributed by atoms with van der Waals surface area (Å²) in [4.78, 5) is 17.5.